The standard InChI is InChI=1S/C23H18ClN3O4/c1-15-5-4-6-17(13-15)22(28)26-21(14-16-9-11-18(12-10-16)27(30)31)23(29)25-20-8-3-2-7-19(20)24/h2-14H,1H3,(H,25,29)(H,26,28). The Labute approximate surface area is 183 Å². The summed E-state index contributed by atoms with van der Waals surface area (Å²) in [6, 6.07) is 19.2. The van der Waals surface area contributed by atoms with Crippen LogP contribution in [0.4, 0.5) is 11.4 Å². The molecule has 8 heteroatoms. The number of rotatable bonds is 6. The van der Waals surface area contributed by atoms with E-state index in [0.29, 0.717) is 21.8 Å². The number of non-ortho nitro benzene ring substituents is 1. The predicted molar refractivity (Wildman–Crippen MR) is 120 cm³/mol. The zero-order valence-electron chi connectivity index (χ0n) is 16.5. The Kier molecular flexibility index (Phi) is 6.79. The van der Waals surface area contributed by atoms with E-state index >= 15 is 0 Å². The number of nitro groups is 1. The van der Waals surface area contributed by atoms with Crippen molar-refractivity contribution in [2.45, 2.75) is 6.92 Å². The van der Waals surface area contributed by atoms with E-state index in [4.69, 9.17) is 11.6 Å². The number of carbonyl (C=O) groups is 2. The van der Waals surface area contributed by atoms with Gasteiger partial charge in [-0.1, -0.05) is 41.4 Å². The van der Waals surface area contributed by atoms with Gasteiger partial charge in [0.15, 0.2) is 0 Å². The molecule has 0 aliphatic carbocycles. The van der Waals surface area contributed by atoms with E-state index in [1.54, 1.807) is 42.5 Å². The molecule has 0 fully saturated rings. The minimum Gasteiger partial charge on any atom is -0.319 e. The van der Waals surface area contributed by atoms with Crippen molar-refractivity contribution < 1.29 is 14.5 Å². The second kappa shape index (κ2) is 9.69. The van der Waals surface area contributed by atoms with Crippen molar-refractivity contribution >= 4 is 40.9 Å². The first-order valence-electron chi connectivity index (χ1n) is 9.23. The Hall–Kier alpha value is -3.97. The van der Waals surface area contributed by atoms with Gasteiger partial charge < -0.3 is 10.6 Å². The number of nitro benzene ring substituents is 1. The molecule has 31 heavy (non-hydrogen) atoms. The van der Waals surface area contributed by atoms with Gasteiger partial charge in [-0.15, -0.1) is 0 Å². The number of amides is 2. The number of carbonyl (C=O) groups excluding carboxylic acids is 2. The number of hydrogen-bond acceptors (Lipinski definition) is 4. The highest BCUT2D eigenvalue weighted by atomic mass is 35.5. The number of halogens is 1. The predicted octanol–water partition coefficient (Wildman–Crippen LogP) is 4.97. The Morgan fingerprint density at radius 3 is 2.35 bits per heavy atom. The lowest BCUT2D eigenvalue weighted by Gasteiger charge is -2.12. The lowest BCUT2D eigenvalue weighted by Crippen LogP contribution is -2.30. The van der Waals surface area contributed by atoms with Crippen molar-refractivity contribution in [1.29, 1.82) is 0 Å². The zero-order valence-corrected chi connectivity index (χ0v) is 17.2. The quantitative estimate of drug-likeness (QED) is 0.324. The summed E-state index contributed by atoms with van der Waals surface area (Å²) in [5.74, 6) is -1.06. The molecule has 0 aromatic heterocycles. The molecule has 3 aromatic rings. The maximum absolute atomic E-state index is 12.9. The topological polar surface area (TPSA) is 101 Å². The van der Waals surface area contributed by atoms with E-state index in [1.165, 1.54) is 30.3 Å². The van der Waals surface area contributed by atoms with Crippen molar-refractivity contribution in [2.24, 2.45) is 0 Å². The Morgan fingerprint density at radius 1 is 1.00 bits per heavy atom. The molecular formula is C23H18ClN3O4. The Bertz CT molecular complexity index is 1170. The van der Waals surface area contributed by atoms with E-state index in [0.717, 1.165) is 5.56 Å². The monoisotopic (exact) mass is 435 g/mol. The van der Waals surface area contributed by atoms with Gasteiger partial charge in [-0.05, 0) is 55.0 Å². The van der Waals surface area contributed by atoms with Crippen molar-refractivity contribution in [2.75, 3.05) is 5.32 Å². The molecule has 0 aliphatic rings. The average molecular weight is 436 g/mol. The van der Waals surface area contributed by atoms with Crippen LogP contribution >= 0.6 is 11.6 Å². The van der Waals surface area contributed by atoms with Gasteiger partial charge in [0.25, 0.3) is 17.5 Å². The lowest BCUT2D eigenvalue weighted by atomic mass is 10.1. The summed E-state index contributed by atoms with van der Waals surface area (Å²) in [6.45, 7) is 1.86. The molecule has 0 saturated heterocycles. The number of para-hydroxylation sites is 1. The number of anilines is 1. The highest BCUT2D eigenvalue weighted by molar-refractivity contribution is 6.34. The highest BCUT2D eigenvalue weighted by Crippen LogP contribution is 2.21. The second-order valence-corrected chi connectivity index (χ2v) is 7.07. The maximum atomic E-state index is 12.9. The molecule has 0 heterocycles. The minimum absolute atomic E-state index is 0.0414. The molecule has 0 atom stereocenters. The summed E-state index contributed by atoms with van der Waals surface area (Å²) in [5.41, 5.74) is 2.05. The van der Waals surface area contributed by atoms with Gasteiger partial charge in [0, 0.05) is 17.7 Å². The van der Waals surface area contributed by atoms with Crippen LogP contribution in [0.2, 0.25) is 5.02 Å². The molecule has 3 aromatic carbocycles. The van der Waals surface area contributed by atoms with Crippen molar-refractivity contribution in [3.63, 3.8) is 0 Å². The third-order valence-electron chi connectivity index (χ3n) is 4.31. The summed E-state index contributed by atoms with van der Waals surface area (Å²) in [5, 5.41) is 16.5. The van der Waals surface area contributed by atoms with E-state index in [9.17, 15) is 19.7 Å². The molecule has 0 radical (unpaired) electrons. The van der Waals surface area contributed by atoms with Crippen LogP contribution in [0.15, 0.2) is 78.5 Å². The van der Waals surface area contributed by atoms with Crippen LogP contribution in [0.1, 0.15) is 21.5 Å². The molecular weight excluding hydrogens is 418 g/mol. The Balaban J connectivity index is 1.92. The summed E-state index contributed by atoms with van der Waals surface area (Å²) in [4.78, 5) is 36.0. The van der Waals surface area contributed by atoms with Gasteiger partial charge in [0.05, 0.1) is 15.6 Å². The Morgan fingerprint density at radius 2 is 1.71 bits per heavy atom. The third-order valence-corrected chi connectivity index (χ3v) is 4.64. The van der Waals surface area contributed by atoms with Gasteiger partial charge in [-0.25, -0.2) is 0 Å². The maximum Gasteiger partial charge on any atom is 0.272 e. The smallest absolute Gasteiger partial charge is 0.272 e. The number of nitrogens with one attached hydrogen (secondary N) is 2. The SMILES string of the molecule is Cc1cccc(C(=O)NC(=Cc2ccc([N+](=O)[O-])cc2)C(=O)Nc2ccccc2Cl)c1. The molecule has 0 saturated carbocycles. The second-order valence-electron chi connectivity index (χ2n) is 6.66. The van der Waals surface area contributed by atoms with E-state index in [1.807, 2.05) is 13.0 Å². The fraction of sp³-hybridized carbons (Fsp3) is 0.0435. The molecule has 2 amide bonds. The molecule has 0 spiro atoms. The first-order valence-corrected chi connectivity index (χ1v) is 9.61. The molecule has 0 bridgehead atoms. The van der Waals surface area contributed by atoms with Crippen LogP contribution in [0, 0.1) is 17.0 Å². The van der Waals surface area contributed by atoms with Crippen molar-refractivity contribution in [1.82, 2.24) is 5.32 Å². The minimum atomic E-state index is -0.590. The lowest BCUT2D eigenvalue weighted by molar-refractivity contribution is -0.384. The first kappa shape index (κ1) is 21.7. The van der Waals surface area contributed by atoms with E-state index < -0.39 is 16.7 Å². The summed E-state index contributed by atoms with van der Waals surface area (Å²) >= 11 is 6.11. The summed E-state index contributed by atoms with van der Waals surface area (Å²) in [6.07, 6.45) is 1.43. The van der Waals surface area contributed by atoms with Gasteiger partial charge >= 0.3 is 0 Å². The summed E-state index contributed by atoms with van der Waals surface area (Å²) in [7, 11) is 0. The zero-order chi connectivity index (χ0) is 22.4. The van der Waals surface area contributed by atoms with E-state index in [-0.39, 0.29) is 11.4 Å². The number of aryl methyl sites for hydroxylation is 1. The van der Waals surface area contributed by atoms with Crippen LogP contribution in [0.3, 0.4) is 0 Å². The fourth-order valence-electron chi connectivity index (χ4n) is 2.75. The number of nitrogens with zero attached hydrogens (tertiary/aromatic N) is 1. The first-order chi connectivity index (χ1) is 14.8. The normalized spacial score (nSPS) is 11.0. The molecule has 0 unspecified atom stereocenters. The third kappa shape index (κ3) is 5.77. The number of benzene rings is 3. The van der Waals surface area contributed by atoms with Gasteiger partial charge in [0.2, 0.25) is 0 Å². The van der Waals surface area contributed by atoms with Crippen LogP contribution in [0.5, 0.6) is 0 Å². The van der Waals surface area contributed by atoms with Crippen LogP contribution < -0.4 is 10.6 Å². The van der Waals surface area contributed by atoms with Gasteiger partial charge in [-0.3, -0.25) is 19.7 Å². The average Bonchev–Trinajstić information content (AvgIpc) is 2.75. The van der Waals surface area contributed by atoms with Crippen LogP contribution in [-0.2, 0) is 4.79 Å². The molecule has 3 rings (SSSR count). The fourth-order valence-corrected chi connectivity index (χ4v) is 2.93. The van der Waals surface area contributed by atoms with Gasteiger partial charge in [-0.2, -0.15) is 0 Å². The van der Waals surface area contributed by atoms with Crippen LogP contribution in [0.25, 0.3) is 6.08 Å². The number of hydrogen-bond donors (Lipinski definition) is 2. The van der Waals surface area contributed by atoms with Gasteiger partial charge in [0.1, 0.15) is 5.70 Å². The molecule has 156 valence electrons. The highest BCUT2D eigenvalue weighted by Gasteiger charge is 2.16. The van der Waals surface area contributed by atoms with Crippen molar-refractivity contribution in [3.05, 3.63) is 110 Å². The molecule has 7 nitrogen and oxygen atoms in total. The van der Waals surface area contributed by atoms with E-state index in [2.05, 4.69) is 10.6 Å². The largest absolute Gasteiger partial charge is 0.319 e. The molecule has 2 N–H and O–H groups in total. The van der Waals surface area contributed by atoms with Crippen molar-refractivity contribution in [3.8, 4) is 0 Å². The van der Waals surface area contributed by atoms with Crippen LogP contribution in [-0.4, -0.2) is 16.7 Å². The summed E-state index contributed by atoms with van der Waals surface area (Å²) < 4.78 is 0. The molecule has 0 aliphatic heterocycles.